The maximum Gasteiger partial charge on any atom is 0.151 e. The van der Waals surface area contributed by atoms with Crippen molar-refractivity contribution in [1.29, 1.82) is 0 Å². The summed E-state index contributed by atoms with van der Waals surface area (Å²) in [5.74, 6) is 1.76. The van der Waals surface area contributed by atoms with E-state index in [4.69, 9.17) is 0 Å². The lowest BCUT2D eigenvalue weighted by atomic mass is 9.79. The summed E-state index contributed by atoms with van der Waals surface area (Å²) in [5.41, 5.74) is 2.48. The highest BCUT2D eigenvalue weighted by molar-refractivity contribution is 5.44. The third-order valence-corrected chi connectivity index (χ3v) is 6.16. The molecule has 29 heavy (non-hydrogen) atoms. The fourth-order valence-corrected chi connectivity index (χ4v) is 4.77. The lowest BCUT2D eigenvalue weighted by Crippen LogP contribution is -2.18. The van der Waals surface area contributed by atoms with Crippen molar-refractivity contribution < 1.29 is 8.78 Å². The number of rotatable bonds is 2. The van der Waals surface area contributed by atoms with Gasteiger partial charge in [-0.15, -0.1) is 10.2 Å². The summed E-state index contributed by atoms with van der Waals surface area (Å²) in [5, 5.41) is 9.00. The minimum atomic E-state index is -0.229. The van der Waals surface area contributed by atoms with Gasteiger partial charge in [0.15, 0.2) is 5.82 Å². The van der Waals surface area contributed by atoms with Crippen LogP contribution in [-0.2, 0) is 13.1 Å². The summed E-state index contributed by atoms with van der Waals surface area (Å²) >= 11 is 0. The van der Waals surface area contributed by atoms with Gasteiger partial charge in [-0.1, -0.05) is 0 Å². The maximum atomic E-state index is 14.1. The Labute approximate surface area is 168 Å². The Morgan fingerprint density at radius 3 is 2.55 bits per heavy atom. The molecular weight excluding hydrogens is 372 g/mol. The third-order valence-electron chi connectivity index (χ3n) is 6.16. The molecule has 0 saturated heterocycles. The first kappa shape index (κ1) is 18.4. The molecule has 0 atom stereocenters. The molecule has 2 aliphatic rings. The minimum Gasteiger partial charge on any atom is -0.295 e. The number of hydrogen-bond acceptors (Lipinski definition) is 4. The first-order chi connectivity index (χ1) is 14.1. The Bertz CT molecular complexity index is 1040. The van der Waals surface area contributed by atoms with E-state index in [0.29, 0.717) is 18.8 Å². The van der Waals surface area contributed by atoms with Crippen LogP contribution in [0.2, 0.25) is 0 Å². The van der Waals surface area contributed by atoms with Crippen molar-refractivity contribution >= 4 is 0 Å². The first-order valence-electron chi connectivity index (χ1n) is 10.1. The fourth-order valence-electron chi connectivity index (χ4n) is 4.77. The van der Waals surface area contributed by atoms with Crippen LogP contribution < -0.4 is 0 Å². The molecule has 5 nitrogen and oxygen atoms in total. The molecule has 0 bridgehead atoms. The minimum absolute atomic E-state index is 0.145. The van der Waals surface area contributed by atoms with Gasteiger partial charge in [-0.25, -0.2) is 8.78 Å². The lowest BCUT2D eigenvalue weighted by molar-refractivity contribution is 0.314. The molecule has 5 rings (SSSR count). The molecule has 150 valence electrons. The number of halogens is 2. The monoisotopic (exact) mass is 395 g/mol. The molecule has 1 saturated carbocycles. The van der Waals surface area contributed by atoms with Gasteiger partial charge >= 0.3 is 0 Å². The van der Waals surface area contributed by atoms with E-state index >= 15 is 0 Å². The van der Waals surface area contributed by atoms with E-state index in [1.807, 2.05) is 13.1 Å². The van der Waals surface area contributed by atoms with E-state index in [-0.39, 0.29) is 23.5 Å². The number of aromatic nitrogens is 4. The van der Waals surface area contributed by atoms with Crippen LogP contribution in [0, 0.1) is 11.6 Å². The highest BCUT2D eigenvalue weighted by atomic mass is 19.1. The summed E-state index contributed by atoms with van der Waals surface area (Å²) in [4.78, 5) is 6.39. The normalized spacial score (nSPS) is 22.0. The Balaban J connectivity index is 1.45. The van der Waals surface area contributed by atoms with Crippen LogP contribution in [0.15, 0.2) is 36.5 Å². The number of benzene rings is 1. The number of hydrogen-bond donors (Lipinski definition) is 0. The highest BCUT2D eigenvalue weighted by Crippen LogP contribution is 2.41. The fraction of sp³-hybridized carbons (Fsp3) is 0.409. The van der Waals surface area contributed by atoms with Gasteiger partial charge in [-0.3, -0.25) is 14.5 Å². The van der Waals surface area contributed by atoms with Crippen LogP contribution in [0.3, 0.4) is 0 Å². The van der Waals surface area contributed by atoms with Crippen molar-refractivity contribution in [2.75, 3.05) is 7.05 Å². The molecule has 0 unspecified atom stereocenters. The zero-order chi connectivity index (χ0) is 20.0. The second-order valence-corrected chi connectivity index (χ2v) is 8.17. The molecule has 0 N–H and O–H groups in total. The Morgan fingerprint density at radius 2 is 1.76 bits per heavy atom. The molecule has 7 heteroatoms. The van der Waals surface area contributed by atoms with Gasteiger partial charge in [-0.05, 0) is 68.6 Å². The molecule has 1 aliphatic heterocycles. The van der Waals surface area contributed by atoms with Crippen molar-refractivity contribution in [3.63, 3.8) is 0 Å². The molecule has 1 fully saturated rings. The van der Waals surface area contributed by atoms with E-state index in [0.717, 1.165) is 48.6 Å². The van der Waals surface area contributed by atoms with Crippen LogP contribution in [0.25, 0.3) is 5.69 Å². The predicted octanol–water partition coefficient (Wildman–Crippen LogP) is 4.33. The molecular formula is C22H23F2N5. The van der Waals surface area contributed by atoms with Crippen LogP contribution >= 0.6 is 0 Å². The maximum absolute atomic E-state index is 14.1. The number of pyridine rings is 1. The molecule has 1 aromatic carbocycles. The first-order valence-corrected chi connectivity index (χ1v) is 10.1. The lowest BCUT2D eigenvalue weighted by Gasteiger charge is -2.28. The van der Waals surface area contributed by atoms with Gasteiger partial charge in [0.05, 0.1) is 17.9 Å². The second kappa shape index (κ2) is 7.30. The predicted molar refractivity (Wildman–Crippen MR) is 105 cm³/mol. The van der Waals surface area contributed by atoms with E-state index in [1.54, 1.807) is 18.3 Å². The summed E-state index contributed by atoms with van der Waals surface area (Å²) in [7, 11) is 2.01. The molecule has 3 aromatic rings. The second-order valence-electron chi connectivity index (χ2n) is 8.17. The SMILES string of the molecule is CN1Cc2cc(F)ccc2-n2c(nnc2C2CCC(c3ncccc3F)CC2)C1. The van der Waals surface area contributed by atoms with E-state index in [9.17, 15) is 8.78 Å². The average Bonchev–Trinajstić information content (AvgIpc) is 3.06. The highest BCUT2D eigenvalue weighted by Gasteiger charge is 2.31. The van der Waals surface area contributed by atoms with Gasteiger partial charge in [-0.2, -0.15) is 0 Å². The molecule has 0 spiro atoms. The summed E-state index contributed by atoms with van der Waals surface area (Å²) < 4.78 is 30.1. The Hall–Kier alpha value is -2.67. The summed E-state index contributed by atoms with van der Waals surface area (Å²) in [6, 6.07) is 8.05. The number of fused-ring (bicyclic) bond motifs is 3. The van der Waals surface area contributed by atoms with E-state index in [2.05, 4.69) is 24.6 Å². The van der Waals surface area contributed by atoms with Gasteiger partial charge in [0.25, 0.3) is 0 Å². The molecule has 0 amide bonds. The zero-order valence-corrected chi connectivity index (χ0v) is 16.4. The van der Waals surface area contributed by atoms with E-state index in [1.165, 1.54) is 12.1 Å². The summed E-state index contributed by atoms with van der Waals surface area (Å²) in [6.45, 7) is 1.33. The quantitative estimate of drug-likeness (QED) is 0.648. The van der Waals surface area contributed by atoms with Crippen molar-refractivity contribution in [2.24, 2.45) is 0 Å². The third kappa shape index (κ3) is 3.33. The van der Waals surface area contributed by atoms with Crippen LogP contribution in [-0.4, -0.2) is 31.7 Å². The average molecular weight is 395 g/mol. The largest absolute Gasteiger partial charge is 0.295 e. The van der Waals surface area contributed by atoms with Crippen LogP contribution in [0.4, 0.5) is 8.78 Å². The topological polar surface area (TPSA) is 46.8 Å². The van der Waals surface area contributed by atoms with Crippen LogP contribution in [0.1, 0.15) is 60.4 Å². The number of nitrogens with zero attached hydrogens (tertiary/aromatic N) is 5. The molecule has 1 aliphatic carbocycles. The molecule has 3 heterocycles. The van der Waals surface area contributed by atoms with Crippen molar-refractivity contribution in [3.8, 4) is 5.69 Å². The smallest absolute Gasteiger partial charge is 0.151 e. The zero-order valence-electron chi connectivity index (χ0n) is 16.4. The van der Waals surface area contributed by atoms with E-state index < -0.39 is 0 Å². The van der Waals surface area contributed by atoms with Crippen molar-refractivity contribution in [2.45, 2.75) is 50.6 Å². The van der Waals surface area contributed by atoms with Crippen LogP contribution in [0.5, 0.6) is 0 Å². The van der Waals surface area contributed by atoms with Crippen molar-refractivity contribution in [3.05, 3.63) is 71.1 Å². The summed E-state index contributed by atoms with van der Waals surface area (Å²) in [6.07, 6.45) is 5.22. The van der Waals surface area contributed by atoms with Gasteiger partial charge in [0.1, 0.15) is 17.5 Å². The van der Waals surface area contributed by atoms with Gasteiger partial charge in [0, 0.05) is 24.6 Å². The molecule has 0 radical (unpaired) electrons. The molecule has 2 aromatic heterocycles. The standard InChI is InChI=1S/C22H23F2N5/c1-28-12-16-11-17(23)8-9-19(16)29-20(13-28)26-27-22(29)15-6-4-14(5-7-15)21-18(24)3-2-10-25-21/h2-3,8-11,14-15H,4-7,12-13H2,1H3. The van der Waals surface area contributed by atoms with Crippen molar-refractivity contribution in [1.82, 2.24) is 24.6 Å². The van der Waals surface area contributed by atoms with Gasteiger partial charge < -0.3 is 0 Å². The van der Waals surface area contributed by atoms with Gasteiger partial charge in [0.2, 0.25) is 0 Å². The Morgan fingerprint density at radius 1 is 0.966 bits per heavy atom. The Kier molecular flexibility index (Phi) is 4.62.